The van der Waals surface area contributed by atoms with Gasteiger partial charge in [-0.2, -0.15) is 0 Å². The molecular weight excluding hydrogens is 298 g/mol. The molecule has 0 heterocycles. The van der Waals surface area contributed by atoms with Crippen LogP contribution in [-0.2, 0) is 20.8 Å². The van der Waals surface area contributed by atoms with Crippen LogP contribution in [0, 0.1) is 0 Å². The van der Waals surface area contributed by atoms with Crippen LogP contribution >= 0.6 is 0 Å². The maximum Gasteiger partial charge on any atom is 0.239 e. The van der Waals surface area contributed by atoms with Crippen LogP contribution in [-0.4, -0.2) is 36.9 Å². The Balaban J connectivity index is 2.33. The highest BCUT2D eigenvalue weighted by Gasteiger charge is 2.14. The number of hydrogen-bond donors (Lipinski definition) is 3. The molecule has 2 amide bonds. The van der Waals surface area contributed by atoms with E-state index in [9.17, 15) is 19.5 Å². The number of carbonyl (C=O) groups excluding carboxylic acids is 3. The topological polar surface area (TPSA) is 126 Å². The standard InChI is InChI=1S/C16H23N3O4/c17-9-5-4-8-13(16(22)23)19-15(21)11-18-14(20)10-12-6-2-1-3-7-12/h1-3,6-7,13H,4-5,8-11,17H2,(H,18,20)(H,19,21)(H,22,23)/t13-/m0/s1. The fourth-order valence-corrected chi connectivity index (χ4v) is 2.04. The van der Waals surface area contributed by atoms with E-state index >= 15 is 0 Å². The van der Waals surface area contributed by atoms with Crippen molar-refractivity contribution in [3.8, 4) is 0 Å². The first-order chi connectivity index (χ1) is 11.0. The van der Waals surface area contributed by atoms with Gasteiger partial charge in [0.05, 0.1) is 31.5 Å². The lowest BCUT2D eigenvalue weighted by molar-refractivity contribution is -0.368. The largest absolute Gasteiger partial charge is 0.548 e. The molecule has 0 saturated heterocycles. The van der Waals surface area contributed by atoms with Crippen molar-refractivity contribution in [2.45, 2.75) is 31.7 Å². The first kappa shape index (κ1) is 18.6. The van der Waals surface area contributed by atoms with Crippen molar-refractivity contribution in [3.63, 3.8) is 0 Å². The maximum atomic E-state index is 11.7. The number of carbonyl (C=O) groups is 3. The van der Waals surface area contributed by atoms with Crippen molar-refractivity contribution < 1.29 is 25.2 Å². The predicted molar refractivity (Wildman–Crippen MR) is 81.7 cm³/mol. The van der Waals surface area contributed by atoms with Crippen molar-refractivity contribution in [1.82, 2.24) is 10.6 Å². The van der Waals surface area contributed by atoms with Gasteiger partial charge in [0.1, 0.15) is 0 Å². The molecule has 7 heteroatoms. The van der Waals surface area contributed by atoms with Gasteiger partial charge in [0.15, 0.2) is 0 Å². The van der Waals surface area contributed by atoms with Crippen LogP contribution in [0.2, 0.25) is 0 Å². The lowest BCUT2D eigenvalue weighted by Crippen LogP contribution is -2.51. The second kappa shape index (κ2) is 10.3. The lowest BCUT2D eigenvalue weighted by Gasteiger charge is -2.19. The van der Waals surface area contributed by atoms with Gasteiger partial charge in [0.2, 0.25) is 11.8 Å². The van der Waals surface area contributed by atoms with Crippen molar-refractivity contribution in [2.24, 2.45) is 0 Å². The number of hydrogen-bond acceptors (Lipinski definition) is 4. The highest BCUT2D eigenvalue weighted by molar-refractivity contribution is 5.88. The fourth-order valence-electron chi connectivity index (χ4n) is 2.04. The quantitative estimate of drug-likeness (QED) is 0.430. The van der Waals surface area contributed by atoms with Gasteiger partial charge in [-0.3, -0.25) is 9.59 Å². The first-order valence-corrected chi connectivity index (χ1v) is 7.63. The zero-order chi connectivity index (χ0) is 17.1. The van der Waals surface area contributed by atoms with E-state index in [1.807, 2.05) is 30.3 Å². The molecule has 0 spiro atoms. The Bertz CT molecular complexity index is 519. The van der Waals surface area contributed by atoms with Crippen LogP contribution < -0.4 is 21.5 Å². The smallest absolute Gasteiger partial charge is 0.239 e. The van der Waals surface area contributed by atoms with Gasteiger partial charge in [-0.25, -0.2) is 0 Å². The number of benzene rings is 1. The number of carboxylic acid groups (broad SMARTS) is 1. The molecule has 0 aliphatic carbocycles. The molecule has 5 N–H and O–H groups in total. The Kier molecular flexibility index (Phi) is 8.38. The molecule has 1 atom stereocenters. The number of aliphatic carboxylic acids is 1. The zero-order valence-corrected chi connectivity index (χ0v) is 13.0. The summed E-state index contributed by atoms with van der Waals surface area (Å²) in [6.45, 7) is 0.452. The van der Waals surface area contributed by atoms with Gasteiger partial charge < -0.3 is 26.3 Å². The molecule has 7 nitrogen and oxygen atoms in total. The monoisotopic (exact) mass is 321 g/mol. The second-order valence-electron chi connectivity index (χ2n) is 5.23. The number of nitrogens with one attached hydrogen (secondary N) is 2. The number of rotatable bonds is 10. The van der Waals surface area contributed by atoms with Crippen molar-refractivity contribution in [3.05, 3.63) is 35.9 Å². The van der Waals surface area contributed by atoms with Crippen LogP contribution in [0.4, 0.5) is 0 Å². The highest BCUT2D eigenvalue weighted by Crippen LogP contribution is 2.00. The summed E-state index contributed by atoms with van der Waals surface area (Å²) in [4.78, 5) is 34.4. The molecule has 0 aromatic heterocycles. The molecular formula is C16H23N3O4. The maximum absolute atomic E-state index is 11.7. The van der Waals surface area contributed by atoms with Gasteiger partial charge in [-0.15, -0.1) is 0 Å². The summed E-state index contributed by atoms with van der Waals surface area (Å²) in [6.07, 6.45) is 1.89. The zero-order valence-electron chi connectivity index (χ0n) is 13.0. The molecule has 0 bridgehead atoms. The van der Waals surface area contributed by atoms with Crippen molar-refractivity contribution in [2.75, 3.05) is 13.1 Å². The number of unbranched alkanes of at least 4 members (excludes halogenated alkanes) is 1. The van der Waals surface area contributed by atoms with Crippen LogP contribution in [0.3, 0.4) is 0 Å². The third-order valence-electron chi connectivity index (χ3n) is 3.27. The Labute approximate surface area is 135 Å². The SMILES string of the molecule is [NH3+]CCCC[C@H](NC(=O)CNC(=O)Cc1ccccc1)C(=O)[O-]. The first-order valence-electron chi connectivity index (χ1n) is 7.63. The Morgan fingerprint density at radius 1 is 1.09 bits per heavy atom. The minimum Gasteiger partial charge on any atom is -0.548 e. The number of carboxylic acids is 1. The number of amides is 2. The van der Waals surface area contributed by atoms with Crippen LogP contribution in [0.25, 0.3) is 0 Å². The predicted octanol–water partition coefficient (Wildman–Crippen LogP) is -2.01. The summed E-state index contributed by atoms with van der Waals surface area (Å²) in [6, 6.07) is 8.09. The number of quaternary nitrogens is 1. The van der Waals surface area contributed by atoms with E-state index in [2.05, 4.69) is 16.4 Å². The van der Waals surface area contributed by atoms with E-state index in [1.165, 1.54) is 0 Å². The molecule has 0 unspecified atom stereocenters. The van der Waals surface area contributed by atoms with E-state index in [0.29, 0.717) is 19.4 Å². The molecule has 0 radical (unpaired) electrons. The van der Waals surface area contributed by atoms with Crippen molar-refractivity contribution in [1.29, 1.82) is 0 Å². The molecule has 1 aromatic carbocycles. The Hall–Kier alpha value is -2.41. The highest BCUT2D eigenvalue weighted by atomic mass is 16.4. The molecule has 1 aromatic rings. The fraction of sp³-hybridized carbons (Fsp3) is 0.438. The molecule has 0 aliphatic heterocycles. The minimum absolute atomic E-state index is 0.168. The summed E-state index contributed by atoms with van der Waals surface area (Å²) in [5.41, 5.74) is 4.51. The summed E-state index contributed by atoms with van der Waals surface area (Å²) in [5.74, 6) is -2.17. The van der Waals surface area contributed by atoms with Crippen molar-refractivity contribution >= 4 is 17.8 Å². The van der Waals surface area contributed by atoms with E-state index in [1.54, 1.807) is 0 Å². The van der Waals surface area contributed by atoms with E-state index in [-0.39, 0.29) is 18.9 Å². The molecule has 0 fully saturated rings. The third-order valence-corrected chi connectivity index (χ3v) is 3.27. The molecule has 0 saturated carbocycles. The van der Waals surface area contributed by atoms with Gasteiger partial charge in [-0.05, 0) is 24.8 Å². The Morgan fingerprint density at radius 3 is 2.39 bits per heavy atom. The average molecular weight is 321 g/mol. The summed E-state index contributed by atoms with van der Waals surface area (Å²) in [7, 11) is 0. The average Bonchev–Trinajstić information content (AvgIpc) is 2.53. The van der Waals surface area contributed by atoms with Gasteiger partial charge >= 0.3 is 0 Å². The van der Waals surface area contributed by atoms with Crippen LogP contribution in [0.15, 0.2) is 30.3 Å². The second-order valence-corrected chi connectivity index (χ2v) is 5.23. The summed E-state index contributed by atoms with van der Waals surface area (Å²) >= 11 is 0. The third kappa shape index (κ3) is 7.96. The minimum atomic E-state index is -1.32. The van der Waals surface area contributed by atoms with Crippen LogP contribution in [0.5, 0.6) is 0 Å². The van der Waals surface area contributed by atoms with E-state index < -0.39 is 17.9 Å². The van der Waals surface area contributed by atoms with Crippen LogP contribution in [0.1, 0.15) is 24.8 Å². The van der Waals surface area contributed by atoms with E-state index in [4.69, 9.17) is 0 Å². The lowest BCUT2D eigenvalue weighted by atomic mass is 10.1. The summed E-state index contributed by atoms with van der Waals surface area (Å²) in [5, 5.41) is 15.8. The van der Waals surface area contributed by atoms with E-state index in [0.717, 1.165) is 12.0 Å². The molecule has 23 heavy (non-hydrogen) atoms. The molecule has 126 valence electrons. The van der Waals surface area contributed by atoms with Gasteiger partial charge in [0, 0.05) is 0 Å². The summed E-state index contributed by atoms with van der Waals surface area (Å²) < 4.78 is 0. The van der Waals surface area contributed by atoms with Gasteiger partial charge in [0.25, 0.3) is 0 Å². The molecule has 0 aliphatic rings. The Morgan fingerprint density at radius 2 is 1.78 bits per heavy atom. The molecule has 1 rings (SSSR count). The normalized spacial score (nSPS) is 11.5. The van der Waals surface area contributed by atoms with Gasteiger partial charge in [-0.1, -0.05) is 30.3 Å².